The van der Waals surface area contributed by atoms with E-state index in [2.05, 4.69) is 21.2 Å². The first kappa shape index (κ1) is 13.8. The average Bonchev–Trinajstić information content (AvgIpc) is 2.41. The molecule has 2 aromatic carbocycles. The average molecular weight is 336 g/mol. The zero-order chi connectivity index (χ0) is 13.7. The van der Waals surface area contributed by atoms with Crippen LogP contribution in [0.3, 0.4) is 0 Å². The van der Waals surface area contributed by atoms with Crippen molar-refractivity contribution in [3.63, 3.8) is 0 Å². The Kier molecular flexibility index (Phi) is 4.77. The fourth-order valence-electron chi connectivity index (χ4n) is 1.48. The number of anilines is 1. The lowest BCUT2D eigenvalue weighted by atomic mass is 10.2. The summed E-state index contributed by atoms with van der Waals surface area (Å²) in [7, 11) is 0. The Labute approximate surface area is 125 Å². The highest BCUT2D eigenvalue weighted by atomic mass is 79.9. The maximum absolute atomic E-state index is 7.83. The molecule has 0 fully saturated rings. The topological polar surface area (TPSA) is 35.9 Å². The summed E-state index contributed by atoms with van der Waals surface area (Å²) in [6, 6.07) is 15.2. The van der Waals surface area contributed by atoms with Crippen molar-refractivity contribution in [2.45, 2.75) is 0 Å². The molecule has 0 saturated heterocycles. The quantitative estimate of drug-likeness (QED) is 0.586. The van der Waals surface area contributed by atoms with Crippen LogP contribution in [-0.4, -0.2) is 5.84 Å². The fraction of sp³-hybridized carbons (Fsp3) is 0. The van der Waals surface area contributed by atoms with Gasteiger partial charge in [-0.05, 0) is 48.0 Å². The zero-order valence-corrected chi connectivity index (χ0v) is 12.4. The van der Waals surface area contributed by atoms with E-state index in [9.17, 15) is 0 Å². The Balaban J connectivity index is 1.97. The van der Waals surface area contributed by atoms with E-state index in [-0.39, 0.29) is 0 Å². The van der Waals surface area contributed by atoms with Crippen LogP contribution in [0.2, 0.25) is 5.02 Å². The van der Waals surface area contributed by atoms with E-state index in [0.717, 1.165) is 15.7 Å². The Bertz CT molecular complexity index is 589. The lowest BCUT2D eigenvalue weighted by Crippen LogP contribution is -2.06. The third kappa shape index (κ3) is 4.54. The molecule has 0 amide bonds. The molecule has 96 valence electrons. The molecule has 4 heteroatoms. The summed E-state index contributed by atoms with van der Waals surface area (Å²) < 4.78 is 1.04. The van der Waals surface area contributed by atoms with Crippen molar-refractivity contribution in [1.29, 1.82) is 5.41 Å². The summed E-state index contributed by atoms with van der Waals surface area (Å²) in [4.78, 5) is 0. The first-order valence-corrected chi connectivity index (χ1v) is 6.85. The fourth-order valence-corrected chi connectivity index (χ4v) is 1.87. The van der Waals surface area contributed by atoms with Gasteiger partial charge in [0.25, 0.3) is 0 Å². The van der Waals surface area contributed by atoms with Crippen molar-refractivity contribution in [2.24, 2.45) is 0 Å². The van der Waals surface area contributed by atoms with Crippen molar-refractivity contribution in [3.8, 4) is 0 Å². The van der Waals surface area contributed by atoms with Crippen LogP contribution in [0, 0.1) is 5.41 Å². The van der Waals surface area contributed by atoms with Gasteiger partial charge in [0.1, 0.15) is 5.84 Å². The Morgan fingerprint density at radius 2 is 1.68 bits per heavy atom. The molecule has 0 spiro atoms. The highest BCUT2D eigenvalue weighted by Crippen LogP contribution is 2.14. The molecule has 0 saturated carbocycles. The van der Waals surface area contributed by atoms with Crippen LogP contribution in [0.25, 0.3) is 6.08 Å². The van der Waals surface area contributed by atoms with Crippen LogP contribution in [-0.2, 0) is 0 Å². The summed E-state index contributed by atoms with van der Waals surface area (Å²) >= 11 is 9.19. The lowest BCUT2D eigenvalue weighted by Gasteiger charge is -2.04. The maximum atomic E-state index is 7.83. The van der Waals surface area contributed by atoms with Crippen LogP contribution >= 0.6 is 27.5 Å². The van der Waals surface area contributed by atoms with Gasteiger partial charge in [0.2, 0.25) is 0 Å². The van der Waals surface area contributed by atoms with Crippen LogP contribution in [0.15, 0.2) is 59.1 Å². The summed E-state index contributed by atoms with van der Waals surface area (Å²) in [5, 5.41) is 11.5. The molecule has 0 aliphatic heterocycles. The predicted molar refractivity (Wildman–Crippen MR) is 86.0 cm³/mol. The molecular formula is C15H12BrClN2. The molecule has 0 atom stereocenters. The first-order valence-electron chi connectivity index (χ1n) is 5.68. The number of rotatable bonds is 3. The van der Waals surface area contributed by atoms with E-state index in [1.165, 1.54) is 0 Å². The van der Waals surface area contributed by atoms with Gasteiger partial charge in [-0.25, -0.2) is 0 Å². The van der Waals surface area contributed by atoms with Gasteiger partial charge >= 0.3 is 0 Å². The highest BCUT2D eigenvalue weighted by Gasteiger charge is 1.94. The molecule has 0 aromatic heterocycles. The summed E-state index contributed by atoms with van der Waals surface area (Å²) in [6.45, 7) is 0. The van der Waals surface area contributed by atoms with E-state index in [0.29, 0.717) is 10.9 Å². The first-order chi connectivity index (χ1) is 9.13. The SMILES string of the molecule is N=C(/C=C/c1ccc(Br)cc1)Nc1ccc(Cl)cc1. The van der Waals surface area contributed by atoms with Crippen molar-refractivity contribution >= 4 is 45.1 Å². The van der Waals surface area contributed by atoms with Gasteiger partial charge in [-0.15, -0.1) is 0 Å². The Morgan fingerprint density at radius 1 is 1.05 bits per heavy atom. The van der Waals surface area contributed by atoms with Crippen LogP contribution in [0.4, 0.5) is 5.69 Å². The molecule has 2 nitrogen and oxygen atoms in total. The van der Waals surface area contributed by atoms with Crippen LogP contribution < -0.4 is 5.32 Å². The minimum absolute atomic E-state index is 0.324. The largest absolute Gasteiger partial charge is 0.341 e. The molecule has 0 aliphatic rings. The molecule has 2 aromatic rings. The van der Waals surface area contributed by atoms with Gasteiger partial charge < -0.3 is 5.32 Å². The molecule has 0 heterocycles. The molecule has 0 radical (unpaired) electrons. The van der Waals surface area contributed by atoms with E-state index in [1.807, 2.05) is 42.5 Å². The van der Waals surface area contributed by atoms with Crippen LogP contribution in [0.1, 0.15) is 5.56 Å². The van der Waals surface area contributed by atoms with Gasteiger partial charge in [-0.1, -0.05) is 45.7 Å². The maximum Gasteiger partial charge on any atom is 0.122 e. The van der Waals surface area contributed by atoms with E-state index < -0.39 is 0 Å². The number of halogens is 2. The minimum atomic E-state index is 0.324. The smallest absolute Gasteiger partial charge is 0.122 e. The Morgan fingerprint density at radius 3 is 2.32 bits per heavy atom. The second-order valence-electron chi connectivity index (χ2n) is 3.93. The highest BCUT2D eigenvalue weighted by molar-refractivity contribution is 9.10. The number of hydrogen-bond acceptors (Lipinski definition) is 1. The van der Waals surface area contributed by atoms with Crippen molar-refractivity contribution in [1.82, 2.24) is 0 Å². The molecular weight excluding hydrogens is 324 g/mol. The van der Waals surface area contributed by atoms with Gasteiger partial charge in [-0.3, -0.25) is 5.41 Å². The zero-order valence-electron chi connectivity index (χ0n) is 10.0. The predicted octanol–water partition coefficient (Wildman–Crippen LogP) is 5.21. The summed E-state index contributed by atoms with van der Waals surface area (Å²) in [5.74, 6) is 0.324. The summed E-state index contributed by atoms with van der Waals surface area (Å²) in [6.07, 6.45) is 3.61. The minimum Gasteiger partial charge on any atom is -0.341 e. The number of hydrogen-bond donors (Lipinski definition) is 2. The second kappa shape index (κ2) is 6.55. The third-order valence-electron chi connectivity index (χ3n) is 2.44. The normalized spacial score (nSPS) is 10.6. The molecule has 2 rings (SSSR count). The third-order valence-corrected chi connectivity index (χ3v) is 3.22. The summed E-state index contributed by atoms with van der Waals surface area (Å²) in [5.41, 5.74) is 1.89. The number of benzene rings is 2. The molecule has 0 aliphatic carbocycles. The number of nitrogens with one attached hydrogen (secondary N) is 2. The number of amidine groups is 1. The van der Waals surface area contributed by atoms with Crippen molar-refractivity contribution < 1.29 is 0 Å². The van der Waals surface area contributed by atoms with Crippen molar-refractivity contribution in [2.75, 3.05) is 5.32 Å². The van der Waals surface area contributed by atoms with Crippen molar-refractivity contribution in [3.05, 3.63) is 69.7 Å². The van der Waals surface area contributed by atoms with Gasteiger partial charge in [0, 0.05) is 15.2 Å². The lowest BCUT2D eigenvalue weighted by molar-refractivity contribution is 1.48. The molecule has 19 heavy (non-hydrogen) atoms. The van der Waals surface area contributed by atoms with Crippen LogP contribution in [0.5, 0.6) is 0 Å². The second-order valence-corrected chi connectivity index (χ2v) is 5.28. The Hall–Kier alpha value is -1.58. The van der Waals surface area contributed by atoms with E-state index in [1.54, 1.807) is 18.2 Å². The van der Waals surface area contributed by atoms with Gasteiger partial charge in [-0.2, -0.15) is 0 Å². The standard InChI is InChI=1S/C15H12BrClN2/c16-12-4-1-11(2-5-12)3-10-15(18)19-14-8-6-13(17)7-9-14/h1-10H,(H2,18,19)/b10-3+. The molecule has 0 bridgehead atoms. The van der Waals surface area contributed by atoms with Gasteiger partial charge in [0.05, 0.1) is 0 Å². The van der Waals surface area contributed by atoms with Gasteiger partial charge in [0.15, 0.2) is 0 Å². The molecule has 0 unspecified atom stereocenters. The molecule has 2 N–H and O–H groups in total. The van der Waals surface area contributed by atoms with E-state index in [4.69, 9.17) is 17.0 Å². The monoisotopic (exact) mass is 334 g/mol. The van der Waals surface area contributed by atoms with E-state index >= 15 is 0 Å².